The molecule has 0 bridgehead atoms. The second kappa shape index (κ2) is 10.1. The summed E-state index contributed by atoms with van der Waals surface area (Å²) in [6.45, 7) is 16.2. The largest absolute Gasteiger partial charge is 0.284 e. The van der Waals surface area contributed by atoms with Crippen LogP contribution in [0.25, 0.3) is 11.3 Å². The SMILES string of the molecule is C=CC=C(N=C(C)/C=C\C)C(N=C(C)C)C1c2ccccc2-c2cccc[n+]2C1C=C. The fraction of sp³-hybridized carbons (Fsp3) is 0.250. The van der Waals surface area contributed by atoms with Crippen molar-refractivity contribution in [3.63, 3.8) is 0 Å². The Morgan fingerprint density at radius 2 is 1.81 bits per heavy atom. The van der Waals surface area contributed by atoms with Crippen molar-refractivity contribution in [1.29, 1.82) is 0 Å². The van der Waals surface area contributed by atoms with Crippen LogP contribution in [-0.4, -0.2) is 17.5 Å². The molecular formula is C28H32N3+. The molecule has 3 unspecified atom stereocenters. The number of hydrogen-bond acceptors (Lipinski definition) is 2. The van der Waals surface area contributed by atoms with Crippen LogP contribution in [0, 0.1) is 0 Å². The molecule has 0 radical (unpaired) electrons. The Kier molecular flexibility index (Phi) is 7.30. The molecule has 0 fully saturated rings. The lowest BCUT2D eigenvalue weighted by Crippen LogP contribution is -2.49. The molecule has 0 spiro atoms. The fourth-order valence-electron chi connectivity index (χ4n) is 4.35. The summed E-state index contributed by atoms with van der Waals surface area (Å²) in [5.41, 5.74) is 6.55. The molecule has 0 amide bonds. The average molecular weight is 411 g/mol. The molecule has 0 saturated carbocycles. The Bertz CT molecular complexity index is 1080. The van der Waals surface area contributed by atoms with Gasteiger partial charge in [-0.3, -0.25) is 9.98 Å². The van der Waals surface area contributed by atoms with E-state index >= 15 is 0 Å². The average Bonchev–Trinajstić information content (AvgIpc) is 2.76. The second-order valence-corrected chi connectivity index (χ2v) is 7.93. The normalized spacial score (nSPS) is 19.4. The molecule has 0 saturated heterocycles. The van der Waals surface area contributed by atoms with Crippen molar-refractivity contribution in [3.8, 4) is 11.3 Å². The number of allylic oxidation sites excluding steroid dienone is 5. The molecule has 0 N–H and O–H groups in total. The predicted molar refractivity (Wildman–Crippen MR) is 133 cm³/mol. The highest BCUT2D eigenvalue weighted by molar-refractivity contribution is 5.93. The van der Waals surface area contributed by atoms with E-state index in [2.05, 4.69) is 66.4 Å². The molecular weight excluding hydrogens is 378 g/mol. The van der Waals surface area contributed by atoms with Gasteiger partial charge >= 0.3 is 0 Å². The van der Waals surface area contributed by atoms with Gasteiger partial charge in [-0.25, -0.2) is 0 Å². The second-order valence-electron chi connectivity index (χ2n) is 7.93. The van der Waals surface area contributed by atoms with E-state index in [1.807, 2.05) is 52.0 Å². The van der Waals surface area contributed by atoms with E-state index in [0.717, 1.165) is 17.1 Å². The number of aliphatic imine (C=N–C) groups is 2. The maximum atomic E-state index is 5.11. The molecule has 0 aliphatic carbocycles. The third-order valence-corrected chi connectivity index (χ3v) is 5.46. The highest BCUT2D eigenvalue weighted by Crippen LogP contribution is 2.43. The maximum absolute atomic E-state index is 5.11. The van der Waals surface area contributed by atoms with Crippen LogP contribution in [0.15, 0.2) is 108 Å². The smallest absolute Gasteiger partial charge is 0.213 e. The lowest BCUT2D eigenvalue weighted by atomic mass is 9.77. The van der Waals surface area contributed by atoms with E-state index in [1.54, 1.807) is 6.08 Å². The molecule has 1 aliphatic heterocycles. The third kappa shape index (κ3) is 4.72. The zero-order valence-corrected chi connectivity index (χ0v) is 19.0. The zero-order chi connectivity index (χ0) is 22.4. The van der Waals surface area contributed by atoms with Gasteiger partial charge < -0.3 is 0 Å². The van der Waals surface area contributed by atoms with Gasteiger partial charge in [0.05, 0.1) is 11.6 Å². The van der Waals surface area contributed by atoms with Crippen LogP contribution in [0.1, 0.15) is 45.2 Å². The van der Waals surface area contributed by atoms with Crippen LogP contribution in [0.5, 0.6) is 0 Å². The Balaban J connectivity index is 2.29. The van der Waals surface area contributed by atoms with Gasteiger partial charge in [-0.2, -0.15) is 4.57 Å². The summed E-state index contributed by atoms with van der Waals surface area (Å²) in [7, 11) is 0. The van der Waals surface area contributed by atoms with E-state index in [4.69, 9.17) is 9.98 Å². The van der Waals surface area contributed by atoms with Crippen molar-refractivity contribution in [2.45, 2.75) is 45.7 Å². The van der Waals surface area contributed by atoms with Gasteiger partial charge in [-0.15, -0.1) is 0 Å². The maximum Gasteiger partial charge on any atom is 0.213 e. The first-order valence-corrected chi connectivity index (χ1v) is 10.8. The van der Waals surface area contributed by atoms with E-state index in [9.17, 15) is 0 Å². The Hall–Kier alpha value is -3.33. The molecule has 1 aromatic heterocycles. The molecule has 3 nitrogen and oxygen atoms in total. The van der Waals surface area contributed by atoms with Crippen LogP contribution in [0.4, 0.5) is 0 Å². The number of pyridine rings is 1. The molecule has 31 heavy (non-hydrogen) atoms. The van der Waals surface area contributed by atoms with Crippen LogP contribution >= 0.6 is 0 Å². The third-order valence-electron chi connectivity index (χ3n) is 5.46. The highest BCUT2D eigenvalue weighted by Gasteiger charge is 2.43. The molecule has 3 heteroatoms. The summed E-state index contributed by atoms with van der Waals surface area (Å²) < 4.78 is 2.31. The summed E-state index contributed by atoms with van der Waals surface area (Å²) in [6.07, 6.45) is 12.0. The monoisotopic (exact) mass is 410 g/mol. The standard InChI is InChI=1S/C28H32N3/c1-7-14-21(6)30-24(15-8-2)28(29-20(4)5)27-23-17-11-10-16-22(23)26-18-12-13-19-31(26)25(27)9-3/h7-19,25,27-28H,2-3H2,1,4-6H3/q+1/b14-7-,24-15?,30-21?. The van der Waals surface area contributed by atoms with E-state index < -0.39 is 0 Å². The molecule has 1 aliphatic rings. The Labute approximate surface area is 186 Å². The number of nitrogens with zero attached hydrogens (tertiary/aromatic N) is 3. The summed E-state index contributed by atoms with van der Waals surface area (Å²) in [4.78, 5) is 10.1. The van der Waals surface area contributed by atoms with Gasteiger partial charge in [0.2, 0.25) is 5.69 Å². The van der Waals surface area contributed by atoms with Gasteiger partial charge in [0.15, 0.2) is 12.2 Å². The van der Waals surface area contributed by atoms with E-state index in [1.165, 1.54) is 16.8 Å². The molecule has 1 aromatic carbocycles. The number of rotatable bonds is 7. The van der Waals surface area contributed by atoms with Gasteiger partial charge in [-0.1, -0.05) is 43.5 Å². The van der Waals surface area contributed by atoms with Crippen molar-refractivity contribution in [1.82, 2.24) is 0 Å². The Morgan fingerprint density at radius 3 is 2.48 bits per heavy atom. The number of aromatic nitrogens is 1. The van der Waals surface area contributed by atoms with Crippen molar-refractivity contribution in [2.24, 2.45) is 9.98 Å². The van der Waals surface area contributed by atoms with Gasteiger partial charge in [0, 0.05) is 29.1 Å². The molecule has 2 aromatic rings. The predicted octanol–water partition coefficient (Wildman–Crippen LogP) is 6.42. The fourth-order valence-corrected chi connectivity index (χ4v) is 4.35. The zero-order valence-electron chi connectivity index (χ0n) is 19.0. The van der Waals surface area contributed by atoms with Crippen molar-refractivity contribution < 1.29 is 4.57 Å². The number of benzene rings is 1. The first-order chi connectivity index (χ1) is 15.0. The van der Waals surface area contributed by atoms with E-state index in [0.29, 0.717) is 0 Å². The Morgan fingerprint density at radius 1 is 1.06 bits per heavy atom. The summed E-state index contributed by atoms with van der Waals surface area (Å²) >= 11 is 0. The van der Waals surface area contributed by atoms with E-state index in [-0.39, 0.29) is 18.0 Å². The molecule has 158 valence electrons. The molecule has 2 heterocycles. The minimum Gasteiger partial charge on any atom is -0.284 e. The van der Waals surface area contributed by atoms with Crippen LogP contribution in [0.2, 0.25) is 0 Å². The first-order valence-electron chi connectivity index (χ1n) is 10.8. The number of hydrogen-bond donors (Lipinski definition) is 0. The van der Waals surface area contributed by atoms with Crippen molar-refractivity contribution >= 4 is 11.4 Å². The first kappa shape index (κ1) is 22.4. The summed E-state index contributed by atoms with van der Waals surface area (Å²) in [5, 5.41) is 0. The van der Waals surface area contributed by atoms with Crippen LogP contribution in [0.3, 0.4) is 0 Å². The summed E-state index contributed by atoms with van der Waals surface area (Å²) in [6, 6.07) is 14.8. The van der Waals surface area contributed by atoms with Gasteiger partial charge in [0.1, 0.15) is 6.04 Å². The minimum atomic E-state index is -0.173. The minimum absolute atomic E-state index is 0.0460. The van der Waals surface area contributed by atoms with Gasteiger partial charge in [-0.05, 0) is 63.6 Å². The highest BCUT2D eigenvalue weighted by atomic mass is 15.0. The lowest BCUT2D eigenvalue weighted by Gasteiger charge is -2.33. The molecule has 3 atom stereocenters. The van der Waals surface area contributed by atoms with Crippen molar-refractivity contribution in [3.05, 3.63) is 103 Å². The van der Waals surface area contributed by atoms with Crippen LogP contribution in [-0.2, 0) is 0 Å². The quantitative estimate of drug-likeness (QED) is 0.218. The lowest BCUT2D eigenvalue weighted by molar-refractivity contribution is -0.707. The molecule has 3 rings (SSSR count). The number of fused-ring (bicyclic) bond motifs is 3. The van der Waals surface area contributed by atoms with Gasteiger partial charge in [0.25, 0.3) is 0 Å². The van der Waals surface area contributed by atoms with Crippen LogP contribution < -0.4 is 4.57 Å². The summed E-state index contributed by atoms with van der Waals surface area (Å²) in [5.74, 6) is 0.0526. The topological polar surface area (TPSA) is 28.6 Å². The van der Waals surface area contributed by atoms with Crippen molar-refractivity contribution in [2.75, 3.05) is 0 Å².